The van der Waals surface area contributed by atoms with Crippen LogP contribution in [0.1, 0.15) is 12.5 Å². The van der Waals surface area contributed by atoms with Crippen LogP contribution in [0.25, 0.3) is 0 Å². The summed E-state index contributed by atoms with van der Waals surface area (Å²) >= 11 is 0. The zero-order valence-electron chi connectivity index (χ0n) is 8.98. The van der Waals surface area contributed by atoms with Crippen molar-refractivity contribution in [3.63, 3.8) is 0 Å². The topological polar surface area (TPSA) is 52.6 Å². The number of benzene rings is 1. The molecule has 0 spiro atoms. The van der Waals surface area contributed by atoms with E-state index in [0.29, 0.717) is 5.75 Å². The zero-order chi connectivity index (χ0) is 11.5. The molecule has 0 atom stereocenters. The minimum Gasteiger partial charge on any atom is -0.493 e. The Morgan fingerprint density at radius 2 is 1.93 bits per heavy atom. The Kier molecular flexibility index (Phi) is 3.57. The van der Waals surface area contributed by atoms with E-state index in [1.54, 1.807) is 12.1 Å². The number of ether oxygens (including phenoxy) is 1. The molecule has 0 unspecified atom stereocenters. The minimum atomic E-state index is -3.51. The van der Waals surface area contributed by atoms with Crippen molar-refractivity contribution in [2.45, 2.75) is 13.3 Å². The molecular formula is C10H14O4S. The van der Waals surface area contributed by atoms with Gasteiger partial charge in [0.05, 0.1) is 13.4 Å². The van der Waals surface area contributed by atoms with Crippen molar-refractivity contribution in [1.29, 1.82) is 0 Å². The predicted molar refractivity (Wildman–Crippen MR) is 57.8 cm³/mol. The highest BCUT2D eigenvalue weighted by atomic mass is 32.2. The average Bonchev–Trinajstić information content (AvgIpc) is 2.15. The first kappa shape index (κ1) is 11.8. The third kappa shape index (κ3) is 3.43. The maximum Gasteiger partial charge on any atom is 0.306 e. The van der Waals surface area contributed by atoms with Crippen molar-refractivity contribution in [3.05, 3.63) is 23.8 Å². The summed E-state index contributed by atoms with van der Waals surface area (Å²) in [6, 6.07) is 5.23. The second-order valence-electron chi connectivity index (χ2n) is 3.13. The van der Waals surface area contributed by atoms with Gasteiger partial charge in [-0.15, -0.1) is 0 Å². The summed E-state index contributed by atoms with van der Waals surface area (Å²) in [6.45, 7) is 1.98. The molecule has 0 aliphatic carbocycles. The molecule has 0 heterocycles. The fourth-order valence-electron chi connectivity index (χ4n) is 1.17. The van der Waals surface area contributed by atoms with Gasteiger partial charge in [-0.25, -0.2) is 0 Å². The van der Waals surface area contributed by atoms with E-state index >= 15 is 0 Å². The van der Waals surface area contributed by atoms with E-state index in [9.17, 15) is 8.42 Å². The molecule has 0 saturated heterocycles. The Hall–Kier alpha value is -1.23. The molecule has 0 aliphatic rings. The van der Waals surface area contributed by atoms with Crippen molar-refractivity contribution in [2.24, 2.45) is 0 Å². The van der Waals surface area contributed by atoms with Crippen molar-refractivity contribution >= 4 is 10.1 Å². The van der Waals surface area contributed by atoms with E-state index < -0.39 is 10.1 Å². The number of rotatable bonds is 4. The van der Waals surface area contributed by atoms with Crippen molar-refractivity contribution in [2.75, 3.05) is 13.4 Å². The molecule has 0 saturated carbocycles. The van der Waals surface area contributed by atoms with Gasteiger partial charge in [0.25, 0.3) is 0 Å². The molecule has 0 radical (unpaired) electrons. The monoisotopic (exact) mass is 230 g/mol. The molecule has 0 aromatic heterocycles. The van der Waals surface area contributed by atoms with Crippen LogP contribution < -0.4 is 8.92 Å². The maximum absolute atomic E-state index is 11.0. The van der Waals surface area contributed by atoms with Crippen LogP contribution in [0.2, 0.25) is 0 Å². The lowest BCUT2D eigenvalue weighted by atomic mass is 10.1. The van der Waals surface area contributed by atoms with Crippen molar-refractivity contribution < 1.29 is 17.3 Å². The van der Waals surface area contributed by atoms with Gasteiger partial charge < -0.3 is 8.92 Å². The lowest BCUT2D eigenvalue weighted by Crippen LogP contribution is -2.07. The quantitative estimate of drug-likeness (QED) is 0.737. The van der Waals surface area contributed by atoms with Gasteiger partial charge in [0.1, 0.15) is 0 Å². The first-order chi connectivity index (χ1) is 6.96. The lowest BCUT2D eigenvalue weighted by Gasteiger charge is -2.09. The van der Waals surface area contributed by atoms with E-state index in [-0.39, 0.29) is 5.75 Å². The van der Waals surface area contributed by atoms with E-state index in [1.165, 1.54) is 7.11 Å². The summed E-state index contributed by atoms with van der Waals surface area (Å²) in [5.41, 5.74) is 0.995. The molecule has 15 heavy (non-hydrogen) atoms. The van der Waals surface area contributed by atoms with Crippen LogP contribution in [0.3, 0.4) is 0 Å². The van der Waals surface area contributed by atoms with Crippen LogP contribution in [0.15, 0.2) is 18.2 Å². The van der Waals surface area contributed by atoms with Crippen molar-refractivity contribution in [1.82, 2.24) is 0 Å². The fraction of sp³-hybridized carbons (Fsp3) is 0.400. The minimum absolute atomic E-state index is 0.236. The summed E-state index contributed by atoms with van der Waals surface area (Å²) < 4.78 is 31.8. The second-order valence-corrected chi connectivity index (χ2v) is 4.70. The zero-order valence-corrected chi connectivity index (χ0v) is 9.80. The van der Waals surface area contributed by atoms with Crippen LogP contribution in [-0.4, -0.2) is 21.8 Å². The number of hydrogen-bond donors (Lipinski definition) is 0. The molecule has 5 heteroatoms. The second kappa shape index (κ2) is 4.53. The molecule has 0 amide bonds. The summed E-state index contributed by atoms with van der Waals surface area (Å²) in [5, 5.41) is 0. The fourth-order valence-corrected chi connectivity index (χ4v) is 1.63. The molecule has 1 aromatic rings. The van der Waals surface area contributed by atoms with Gasteiger partial charge in [-0.3, -0.25) is 0 Å². The molecule has 0 bridgehead atoms. The maximum atomic E-state index is 11.0. The number of methoxy groups -OCH3 is 1. The van der Waals surface area contributed by atoms with E-state index in [0.717, 1.165) is 18.2 Å². The summed E-state index contributed by atoms with van der Waals surface area (Å²) in [6.07, 6.45) is 1.81. The third-order valence-corrected chi connectivity index (χ3v) is 2.36. The van der Waals surface area contributed by atoms with Crippen LogP contribution >= 0.6 is 0 Å². The highest BCUT2D eigenvalue weighted by molar-refractivity contribution is 7.86. The molecule has 4 nitrogen and oxygen atoms in total. The van der Waals surface area contributed by atoms with Crippen LogP contribution in [0.4, 0.5) is 0 Å². The largest absolute Gasteiger partial charge is 0.493 e. The first-order valence-electron chi connectivity index (χ1n) is 4.52. The Morgan fingerprint density at radius 1 is 1.27 bits per heavy atom. The average molecular weight is 230 g/mol. The number of aryl methyl sites for hydroxylation is 1. The van der Waals surface area contributed by atoms with Gasteiger partial charge >= 0.3 is 10.1 Å². The third-order valence-electron chi connectivity index (χ3n) is 1.88. The highest BCUT2D eigenvalue weighted by Crippen LogP contribution is 2.29. The molecule has 0 aliphatic heterocycles. The van der Waals surface area contributed by atoms with Crippen molar-refractivity contribution in [3.8, 4) is 11.5 Å². The smallest absolute Gasteiger partial charge is 0.306 e. The summed E-state index contributed by atoms with van der Waals surface area (Å²) in [7, 11) is -2.05. The Morgan fingerprint density at radius 3 is 2.40 bits per heavy atom. The van der Waals surface area contributed by atoms with Gasteiger partial charge in [-0.2, -0.15) is 8.42 Å². The molecule has 0 N–H and O–H groups in total. The summed E-state index contributed by atoms with van der Waals surface area (Å²) in [5.74, 6) is 0.650. The first-order valence-corrected chi connectivity index (χ1v) is 6.34. The summed E-state index contributed by atoms with van der Waals surface area (Å²) in [4.78, 5) is 0. The molecule has 1 aromatic carbocycles. The standard InChI is InChI=1S/C10H14O4S/c1-4-8-5-6-9(13-2)10(7-8)14-15(3,11)12/h5-7H,4H2,1-3H3. The van der Waals surface area contributed by atoms with Crippen LogP contribution in [-0.2, 0) is 16.5 Å². The normalized spacial score (nSPS) is 11.1. The predicted octanol–water partition coefficient (Wildman–Crippen LogP) is 1.60. The van der Waals surface area contributed by atoms with Gasteiger partial charge in [0.2, 0.25) is 0 Å². The molecule has 1 rings (SSSR count). The molecule has 84 valence electrons. The van der Waals surface area contributed by atoms with E-state index in [1.807, 2.05) is 13.0 Å². The van der Waals surface area contributed by atoms with E-state index in [2.05, 4.69) is 0 Å². The van der Waals surface area contributed by atoms with Crippen LogP contribution in [0.5, 0.6) is 11.5 Å². The van der Waals surface area contributed by atoms with Gasteiger partial charge in [0, 0.05) is 0 Å². The van der Waals surface area contributed by atoms with Gasteiger partial charge in [-0.05, 0) is 24.1 Å². The number of hydrogen-bond acceptors (Lipinski definition) is 4. The van der Waals surface area contributed by atoms with E-state index in [4.69, 9.17) is 8.92 Å². The SMILES string of the molecule is CCc1ccc(OC)c(OS(C)(=O)=O)c1. The van der Waals surface area contributed by atoms with Gasteiger partial charge in [-0.1, -0.05) is 13.0 Å². The van der Waals surface area contributed by atoms with Gasteiger partial charge in [0.15, 0.2) is 11.5 Å². The molecule has 0 fully saturated rings. The lowest BCUT2D eigenvalue weighted by molar-refractivity contribution is 0.391. The Balaban J connectivity index is 3.12. The highest BCUT2D eigenvalue weighted by Gasteiger charge is 2.10. The Bertz CT molecular complexity index is 437. The van der Waals surface area contributed by atoms with Crippen LogP contribution in [0, 0.1) is 0 Å². The Labute approximate surface area is 90.0 Å². The molecular weight excluding hydrogens is 216 g/mol.